The Bertz CT molecular complexity index is 471. The number of rotatable bonds is 8. The normalized spacial score (nSPS) is 12.2. The predicted octanol–water partition coefficient (Wildman–Crippen LogP) is 2.37. The van der Waals surface area contributed by atoms with Crippen LogP contribution < -0.4 is 5.32 Å². The zero-order valence-corrected chi connectivity index (χ0v) is 12.9. The molecule has 0 fully saturated rings. The molecular formula is C16H24N2O3. The number of carboxylic acids is 1. The van der Waals surface area contributed by atoms with Crippen molar-refractivity contribution in [3.05, 3.63) is 29.8 Å². The van der Waals surface area contributed by atoms with Gasteiger partial charge in [0.05, 0.1) is 12.5 Å². The Balaban J connectivity index is 2.60. The summed E-state index contributed by atoms with van der Waals surface area (Å²) in [5, 5.41) is 11.6. The van der Waals surface area contributed by atoms with Gasteiger partial charge in [-0.1, -0.05) is 26.0 Å². The zero-order chi connectivity index (χ0) is 15.8. The summed E-state index contributed by atoms with van der Waals surface area (Å²) < 4.78 is 0. The average Bonchev–Trinajstić information content (AvgIpc) is 2.48. The number of aryl methyl sites for hydroxylation is 1. The molecule has 1 aromatic rings. The highest BCUT2D eigenvalue weighted by Gasteiger charge is 2.20. The van der Waals surface area contributed by atoms with Crippen molar-refractivity contribution in [1.82, 2.24) is 4.90 Å². The minimum absolute atomic E-state index is 0.0384. The third kappa shape index (κ3) is 5.55. The monoisotopic (exact) mass is 292 g/mol. The molecule has 0 saturated heterocycles. The van der Waals surface area contributed by atoms with Crippen molar-refractivity contribution < 1.29 is 14.7 Å². The largest absolute Gasteiger partial charge is 0.481 e. The van der Waals surface area contributed by atoms with Gasteiger partial charge in [0.1, 0.15) is 0 Å². The van der Waals surface area contributed by atoms with Crippen LogP contribution in [-0.4, -0.2) is 41.0 Å². The maximum absolute atomic E-state index is 12.2. The number of anilines is 1. The summed E-state index contributed by atoms with van der Waals surface area (Å²) in [6, 6.07) is 7.39. The van der Waals surface area contributed by atoms with Crippen molar-refractivity contribution in [2.45, 2.75) is 39.7 Å². The van der Waals surface area contributed by atoms with Crippen LogP contribution in [0, 0.1) is 0 Å². The summed E-state index contributed by atoms with van der Waals surface area (Å²) in [5.41, 5.74) is 1.98. The molecule has 0 heterocycles. The molecule has 1 atom stereocenters. The number of aliphatic carboxylic acids is 1. The van der Waals surface area contributed by atoms with Gasteiger partial charge in [-0.15, -0.1) is 0 Å². The van der Waals surface area contributed by atoms with Crippen LogP contribution >= 0.6 is 0 Å². The highest BCUT2D eigenvalue weighted by molar-refractivity contribution is 5.94. The van der Waals surface area contributed by atoms with Gasteiger partial charge < -0.3 is 10.4 Å². The SMILES string of the molecule is CCc1ccc(NC(=O)C(C)N(CC)CCC(=O)O)cc1. The van der Waals surface area contributed by atoms with E-state index in [4.69, 9.17) is 5.11 Å². The van der Waals surface area contributed by atoms with Crippen LogP contribution in [0.1, 0.15) is 32.8 Å². The molecule has 0 spiro atoms. The summed E-state index contributed by atoms with van der Waals surface area (Å²) in [4.78, 5) is 24.7. The Morgan fingerprint density at radius 3 is 2.33 bits per heavy atom. The van der Waals surface area contributed by atoms with Gasteiger partial charge in [-0.2, -0.15) is 0 Å². The van der Waals surface area contributed by atoms with E-state index in [0.717, 1.165) is 12.1 Å². The minimum atomic E-state index is -0.851. The molecule has 1 amide bonds. The van der Waals surface area contributed by atoms with E-state index >= 15 is 0 Å². The third-order valence-electron chi connectivity index (χ3n) is 3.58. The predicted molar refractivity (Wildman–Crippen MR) is 83.4 cm³/mol. The molecule has 2 N–H and O–H groups in total. The maximum atomic E-state index is 12.2. The van der Waals surface area contributed by atoms with Gasteiger partial charge in [-0.3, -0.25) is 14.5 Å². The first-order chi connectivity index (χ1) is 9.97. The lowest BCUT2D eigenvalue weighted by molar-refractivity contribution is -0.138. The highest BCUT2D eigenvalue weighted by Crippen LogP contribution is 2.11. The molecule has 5 heteroatoms. The topological polar surface area (TPSA) is 69.6 Å². The summed E-state index contributed by atoms with van der Waals surface area (Å²) in [6.45, 7) is 6.80. The fraction of sp³-hybridized carbons (Fsp3) is 0.500. The van der Waals surface area contributed by atoms with Crippen molar-refractivity contribution in [3.8, 4) is 0 Å². The molecule has 1 unspecified atom stereocenters. The number of benzene rings is 1. The first-order valence-corrected chi connectivity index (χ1v) is 7.33. The summed E-state index contributed by atoms with van der Waals surface area (Å²) >= 11 is 0. The van der Waals surface area contributed by atoms with E-state index in [2.05, 4.69) is 12.2 Å². The molecule has 21 heavy (non-hydrogen) atoms. The second kappa shape index (κ2) is 8.42. The minimum Gasteiger partial charge on any atom is -0.481 e. The van der Waals surface area contributed by atoms with Crippen molar-refractivity contribution >= 4 is 17.6 Å². The zero-order valence-electron chi connectivity index (χ0n) is 12.9. The number of carbonyl (C=O) groups is 2. The number of amides is 1. The van der Waals surface area contributed by atoms with Gasteiger partial charge in [0.15, 0.2) is 0 Å². The molecule has 1 rings (SSSR count). The van der Waals surface area contributed by atoms with Crippen LogP contribution in [0.25, 0.3) is 0 Å². The molecule has 0 radical (unpaired) electrons. The Morgan fingerprint density at radius 2 is 1.86 bits per heavy atom. The summed E-state index contributed by atoms with van der Waals surface area (Å²) in [6.07, 6.45) is 1.00. The summed E-state index contributed by atoms with van der Waals surface area (Å²) in [7, 11) is 0. The van der Waals surface area contributed by atoms with E-state index in [1.165, 1.54) is 5.56 Å². The van der Waals surface area contributed by atoms with Crippen LogP contribution in [0.2, 0.25) is 0 Å². The number of likely N-dealkylation sites (N-methyl/N-ethyl adjacent to an activating group) is 1. The smallest absolute Gasteiger partial charge is 0.304 e. The van der Waals surface area contributed by atoms with E-state index in [9.17, 15) is 9.59 Å². The third-order valence-corrected chi connectivity index (χ3v) is 3.58. The van der Waals surface area contributed by atoms with Crippen molar-refractivity contribution in [3.63, 3.8) is 0 Å². The van der Waals surface area contributed by atoms with Crippen LogP contribution in [0.4, 0.5) is 5.69 Å². The van der Waals surface area contributed by atoms with Gasteiger partial charge in [-0.05, 0) is 37.6 Å². The molecule has 0 aliphatic carbocycles. The Labute approximate surface area is 126 Å². The first-order valence-electron chi connectivity index (χ1n) is 7.33. The highest BCUT2D eigenvalue weighted by atomic mass is 16.4. The van der Waals surface area contributed by atoms with Gasteiger partial charge in [0.25, 0.3) is 0 Å². The van der Waals surface area contributed by atoms with Crippen LogP contribution in [0.5, 0.6) is 0 Å². The quantitative estimate of drug-likeness (QED) is 0.772. The second-order valence-corrected chi connectivity index (χ2v) is 4.99. The fourth-order valence-corrected chi connectivity index (χ4v) is 2.10. The first kappa shape index (κ1) is 17.2. The van der Waals surface area contributed by atoms with Crippen molar-refractivity contribution in [1.29, 1.82) is 0 Å². The van der Waals surface area contributed by atoms with Crippen LogP contribution in [-0.2, 0) is 16.0 Å². The van der Waals surface area contributed by atoms with E-state index in [-0.39, 0.29) is 18.4 Å². The second-order valence-electron chi connectivity index (χ2n) is 4.99. The number of carbonyl (C=O) groups excluding carboxylic acids is 1. The molecule has 0 aliphatic rings. The fourth-order valence-electron chi connectivity index (χ4n) is 2.10. The number of hydrogen-bond acceptors (Lipinski definition) is 3. The van der Waals surface area contributed by atoms with Crippen LogP contribution in [0.3, 0.4) is 0 Å². The Kier molecular flexibility index (Phi) is 6.88. The van der Waals surface area contributed by atoms with E-state index in [0.29, 0.717) is 13.1 Å². The van der Waals surface area contributed by atoms with Gasteiger partial charge in [0, 0.05) is 12.2 Å². The molecule has 116 valence electrons. The van der Waals surface area contributed by atoms with Crippen molar-refractivity contribution in [2.75, 3.05) is 18.4 Å². The number of hydrogen-bond donors (Lipinski definition) is 2. The Morgan fingerprint density at radius 1 is 1.24 bits per heavy atom. The molecule has 0 aliphatic heterocycles. The van der Waals surface area contributed by atoms with Gasteiger partial charge in [-0.25, -0.2) is 0 Å². The van der Waals surface area contributed by atoms with E-state index in [1.807, 2.05) is 36.1 Å². The lowest BCUT2D eigenvalue weighted by Gasteiger charge is -2.26. The van der Waals surface area contributed by atoms with Crippen LogP contribution in [0.15, 0.2) is 24.3 Å². The van der Waals surface area contributed by atoms with E-state index < -0.39 is 5.97 Å². The number of nitrogens with zero attached hydrogens (tertiary/aromatic N) is 1. The molecule has 0 bridgehead atoms. The standard InChI is InChI=1S/C16H24N2O3/c1-4-13-6-8-14(9-7-13)17-16(21)12(3)18(5-2)11-10-15(19)20/h6-9,12H,4-5,10-11H2,1-3H3,(H,17,21)(H,19,20). The number of nitrogens with one attached hydrogen (secondary N) is 1. The maximum Gasteiger partial charge on any atom is 0.304 e. The molecule has 0 aromatic heterocycles. The van der Waals surface area contributed by atoms with Crippen molar-refractivity contribution in [2.24, 2.45) is 0 Å². The van der Waals surface area contributed by atoms with Gasteiger partial charge in [0.2, 0.25) is 5.91 Å². The molecule has 0 saturated carbocycles. The molecule has 5 nitrogen and oxygen atoms in total. The average molecular weight is 292 g/mol. The molecule has 1 aromatic carbocycles. The lowest BCUT2D eigenvalue weighted by Crippen LogP contribution is -2.42. The van der Waals surface area contributed by atoms with E-state index in [1.54, 1.807) is 6.92 Å². The Hall–Kier alpha value is -1.88. The lowest BCUT2D eigenvalue weighted by atomic mass is 10.1. The summed E-state index contributed by atoms with van der Waals surface area (Å²) in [5.74, 6) is -0.970. The molecular weight excluding hydrogens is 268 g/mol. The van der Waals surface area contributed by atoms with Gasteiger partial charge >= 0.3 is 5.97 Å². The number of carboxylic acid groups (broad SMARTS) is 1.